The van der Waals surface area contributed by atoms with E-state index in [0.717, 1.165) is 25.7 Å². The molecule has 5 nitrogen and oxygen atoms in total. The fraction of sp³-hybridized carbons (Fsp3) is 0.615. The van der Waals surface area contributed by atoms with E-state index in [-0.39, 0.29) is 23.7 Å². The minimum absolute atomic E-state index is 0.0333. The molecule has 2 fully saturated rings. The van der Waals surface area contributed by atoms with E-state index in [4.69, 9.17) is 0 Å². The topological polar surface area (TPSA) is 55.2 Å². The third kappa shape index (κ3) is 1.83. The Morgan fingerprint density at radius 3 is 2.33 bits per heavy atom. The minimum atomic E-state index is -0.0333. The Bertz CT molecular complexity index is 431. The zero-order valence-corrected chi connectivity index (χ0v) is 10.3. The molecule has 1 aliphatic heterocycles. The van der Waals surface area contributed by atoms with Crippen molar-refractivity contribution in [3.63, 3.8) is 0 Å². The molecule has 0 aromatic carbocycles. The third-order valence-corrected chi connectivity index (χ3v) is 4.07. The van der Waals surface area contributed by atoms with Crippen molar-refractivity contribution in [3.05, 3.63) is 18.7 Å². The van der Waals surface area contributed by atoms with Gasteiger partial charge in [-0.25, -0.2) is 4.98 Å². The lowest BCUT2D eigenvalue weighted by atomic mass is 9.81. The molecule has 2 aliphatic rings. The molecule has 1 aromatic rings. The number of imide groups is 1. The van der Waals surface area contributed by atoms with Crippen molar-refractivity contribution in [2.45, 2.75) is 32.2 Å². The number of aromatic nitrogens is 2. The van der Waals surface area contributed by atoms with E-state index < -0.39 is 0 Å². The average Bonchev–Trinajstić information content (AvgIpc) is 2.98. The van der Waals surface area contributed by atoms with Crippen LogP contribution in [0.3, 0.4) is 0 Å². The van der Waals surface area contributed by atoms with Gasteiger partial charge in [0, 0.05) is 25.5 Å². The molecule has 1 aliphatic carbocycles. The van der Waals surface area contributed by atoms with E-state index in [0.29, 0.717) is 13.1 Å². The molecule has 1 saturated heterocycles. The Balaban J connectivity index is 1.68. The minimum Gasteiger partial charge on any atom is -0.336 e. The first-order valence-corrected chi connectivity index (χ1v) is 6.58. The number of nitrogens with zero attached hydrogens (tertiary/aromatic N) is 3. The van der Waals surface area contributed by atoms with Crippen molar-refractivity contribution < 1.29 is 9.59 Å². The SMILES string of the molecule is O=C1[C@H]2CCCC[C@@H]2C(=O)N1CCn1ccnc1. The summed E-state index contributed by atoms with van der Waals surface area (Å²) >= 11 is 0. The quantitative estimate of drug-likeness (QED) is 0.750. The van der Waals surface area contributed by atoms with Crippen molar-refractivity contribution in [1.82, 2.24) is 14.5 Å². The van der Waals surface area contributed by atoms with E-state index in [1.54, 1.807) is 12.5 Å². The molecule has 0 spiro atoms. The van der Waals surface area contributed by atoms with Crippen molar-refractivity contribution in [1.29, 1.82) is 0 Å². The normalized spacial score (nSPS) is 27.7. The number of imidazole rings is 1. The molecular formula is C13H17N3O2. The van der Waals surface area contributed by atoms with Gasteiger partial charge in [0.05, 0.1) is 18.2 Å². The van der Waals surface area contributed by atoms with Gasteiger partial charge in [-0.2, -0.15) is 0 Å². The molecule has 1 aromatic heterocycles. The van der Waals surface area contributed by atoms with Gasteiger partial charge in [0.15, 0.2) is 0 Å². The summed E-state index contributed by atoms with van der Waals surface area (Å²) in [6.07, 6.45) is 9.18. The zero-order chi connectivity index (χ0) is 12.5. The zero-order valence-electron chi connectivity index (χ0n) is 10.3. The first kappa shape index (κ1) is 11.4. The molecular weight excluding hydrogens is 230 g/mol. The van der Waals surface area contributed by atoms with Gasteiger partial charge in [-0.15, -0.1) is 0 Å². The number of likely N-dealkylation sites (tertiary alicyclic amines) is 1. The second-order valence-electron chi connectivity index (χ2n) is 5.13. The summed E-state index contributed by atoms with van der Waals surface area (Å²) in [5.41, 5.74) is 0. The number of carbonyl (C=O) groups excluding carboxylic acids is 2. The molecule has 2 amide bonds. The summed E-state index contributed by atoms with van der Waals surface area (Å²) < 4.78 is 1.89. The number of hydrogen-bond acceptors (Lipinski definition) is 3. The number of carbonyl (C=O) groups is 2. The maximum atomic E-state index is 12.2. The summed E-state index contributed by atoms with van der Waals surface area (Å²) in [6, 6.07) is 0. The van der Waals surface area contributed by atoms with Crippen molar-refractivity contribution >= 4 is 11.8 Å². The van der Waals surface area contributed by atoms with Crippen LogP contribution in [0.2, 0.25) is 0 Å². The number of rotatable bonds is 3. The summed E-state index contributed by atoms with van der Waals surface area (Å²) in [6.45, 7) is 1.11. The Morgan fingerprint density at radius 1 is 1.11 bits per heavy atom. The van der Waals surface area contributed by atoms with Crippen LogP contribution >= 0.6 is 0 Å². The van der Waals surface area contributed by atoms with E-state index in [1.165, 1.54) is 4.90 Å². The van der Waals surface area contributed by atoms with Crippen molar-refractivity contribution in [2.24, 2.45) is 11.8 Å². The lowest BCUT2D eigenvalue weighted by Gasteiger charge is -2.19. The predicted molar refractivity (Wildman–Crippen MR) is 64.4 cm³/mol. The van der Waals surface area contributed by atoms with Crippen LogP contribution in [-0.2, 0) is 16.1 Å². The van der Waals surface area contributed by atoms with Crippen LogP contribution < -0.4 is 0 Å². The van der Waals surface area contributed by atoms with Crippen LogP contribution in [0.4, 0.5) is 0 Å². The summed E-state index contributed by atoms with van der Waals surface area (Å²) in [7, 11) is 0. The first-order chi connectivity index (χ1) is 8.77. The van der Waals surface area contributed by atoms with Crippen LogP contribution in [0.15, 0.2) is 18.7 Å². The molecule has 2 heterocycles. The maximum Gasteiger partial charge on any atom is 0.233 e. The van der Waals surface area contributed by atoms with E-state index in [1.807, 2.05) is 10.8 Å². The van der Waals surface area contributed by atoms with Crippen LogP contribution in [0.5, 0.6) is 0 Å². The summed E-state index contributed by atoms with van der Waals surface area (Å²) in [5, 5.41) is 0. The molecule has 3 rings (SSSR count). The number of hydrogen-bond donors (Lipinski definition) is 0. The highest BCUT2D eigenvalue weighted by atomic mass is 16.2. The van der Waals surface area contributed by atoms with Gasteiger partial charge in [0.1, 0.15) is 0 Å². The first-order valence-electron chi connectivity index (χ1n) is 6.58. The predicted octanol–water partition coefficient (Wildman–Crippen LogP) is 1.06. The van der Waals surface area contributed by atoms with Crippen LogP contribution in [0.1, 0.15) is 25.7 Å². The fourth-order valence-corrected chi connectivity index (χ4v) is 3.09. The lowest BCUT2D eigenvalue weighted by molar-refractivity contribution is -0.140. The highest BCUT2D eigenvalue weighted by Gasteiger charge is 2.47. The smallest absolute Gasteiger partial charge is 0.233 e. The molecule has 0 N–H and O–H groups in total. The molecule has 18 heavy (non-hydrogen) atoms. The maximum absolute atomic E-state index is 12.2. The van der Waals surface area contributed by atoms with Gasteiger partial charge < -0.3 is 4.57 Å². The largest absolute Gasteiger partial charge is 0.336 e. The van der Waals surface area contributed by atoms with Gasteiger partial charge >= 0.3 is 0 Å². The highest BCUT2D eigenvalue weighted by Crippen LogP contribution is 2.37. The van der Waals surface area contributed by atoms with Gasteiger partial charge in [0.25, 0.3) is 0 Å². The van der Waals surface area contributed by atoms with Gasteiger partial charge in [-0.3, -0.25) is 14.5 Å². The van der Waals surface area contributed by atoms with Gasteiger partial charge in [-0.05, 0) is 12.8 Å². The van der Waals surface area contributed by atoms with Gasteiger partial charge in [-0.1, -0.05) is 12.8 Å². The molecule has 0 radical (unpaired) electrons. The molecule has 96 valence electrons. The van der Waals surface area contributed by atoms with E-state index >= 15 is 0 Å². The molecule has 5 heteroatoms. The van der Waals surface area contributed by atoms with Crippen LogP contribution in [-0.4, -0.2) is 32.8 Å². The Hall–Kier alpha value is -1.65. The van der Waals surface area contributed by atoms with Crippen LogP contribution in [0.25, 0.3) is 0 Å². The second kappa shape index (κ2) is 4.55. The molecule has 2 atom stereocenters. The monoisotopic (exact) mass is 247 g/mol. The highest BCUT2D eigenvalue weighted by molar-refractivity contribution is 6.05. The number of amides is 2. The third-order valence-electron chi connectivity index (χ3n) is 4.07. The molecule has 1 saturated carbocycles. The average molecular weight is 247 g/mol. The van der Waals surface area contributed by atoms with Crippen molar-refractivity contribution in [2.75, 3.05) is 6.54 Å². The molecule has 0 unspecified atom stereocenters. The van der Waals surface area contributed by atoms with E-state index in [9.17, 15) is 9.59 Å². The Kier molecular flexibility index (Phi) is 2.89. The van der Waals surface area contributed by atoms with Gasteiger partial charge in [0.2, 0.25) is 11.8 Å². The van der Waals surface area contributed by atoms with E-state index in [2.05, 4.69) is 4.98 Å². The molecule has 0 bridgehead atoms. The standard InChI is InChI=1S/C13H17N3O2/c17-12-10-3-1-2-4-11(10)13(18)16(12)8-7-15-6-5-14-9-15/h5-6,9-11H,1-4,7-8H2/t10-,11-/m0/s1. The second-order valence-corrected chi connectivity index (χ2v) is 5.13. The Morgan fingerprint density at radius 2 is 1.78 bits per heavy atom. The Labute approximate surface area is 106 Å². The lowest BCUT2D eigenvalue weighted by Crippen LogP contribution is -2.33. The fourth-order valence-electron chi connectivity index (χ4n) is 3.09. The van der Waals surface area contributed by atoms with Crippen LogP contribution in [0, 0.1) is 11.8 Å². The summed E-state index contributed by atoms with van der Waals surface area (Å²) in [5.74, 6) is 0.0257. The number of fused-ring (bicyclic) bond motifs is 1. The van der Waals surface area contributed by atoms with Crippen molar-refractivity contribution in [3.8, 4) is 0 Å². The summed E-state index contributed by atoms with van der Waals surface area (Å²) in [4.78, 5) is 29.8.